The molecule has 1 aromatic rings. The number of benzene rings is 1. The quantitative estimate of drug-likeness (QED) is 0.579. The molecule has 10 heteroatoms. The normalized spacial score (nSPS) is 12.8. The van der Waals surface area contributed by atoms with E-state index in [1.54, 1.807) is 12.1 Å². The second-order valence-corrected chi connectivity index (χ2v) is 9.36. The molecule has 0 aromatic heterocycles. The lowest BCUT2D eigenvalue weighted by Gasteiger charge is -2.20. The van der Waals surface area contributed by atoms with Gasteiger partial charge in [-0.05, 0) is 30.0 Å². The van der Waals surface area contributed by atoms with Gasteiger partial charge in [-0.2, -0.15) is 4.72 Å². The van der Waals surface area contributed by atoms with Crippen molar-refractivity contribution in [2.75, 3.05) is 27.2 Å². The van der Waals surface area contributed by atoms with Crippen molar-refractivity contribution in [3.8, 4) is 0 Å². The van der Waals surface area contributed by atoms with Gasteiger partial charge in [0.25, 0.3) is 5.91 Å². The summed E-state index contributed by atoms with van der Waals surface area (Å²) in [6.45, 7) is 6.58. The Morgan fingerprint density at radius 1 is 1.14 bits per heavy atom. The summed E-state index contributed by atoms with van der Waals surface area (Å²) < 4.78 is 32.0. The fourth-order valence-corrected chi connectivity index (χ4v) is 3.43. The van der Waals surface area contributed by atoms with Crippen molar-refractivity contribution in [3.63, 3.8) is 0 Å². The number of carbonyl (C=O) groups excluding carboxylic acids is 3. The van der Waals surface area contributed by atoms with Gasteiger partial charge in [-0.3, -0.25) is 14.4 Å². The number of esters is 1. The van der Waals surface area contributed by atoms with E-state index in [9.17, 15) is 22.8 Å². The molecule has 0 heterocycles. The number of sulfonamides is 1. The number of nitrogens with one attached hydrogen (secondary N) is 2. The van der Waals surface area contributed by atoms with Gasteiger partial charge in [-0.25, -0.2) is 8.42 Å². The smallest absolute Gasteiger partial charge is 0.324 e. The number of likely N-dealkylation sites (N-methyl/N-ethyl adjacent to an activating group) is 2. The highest BCUT2D eigenvalue weighted by molar-refractivity contribution is 7.89. The van der Waals surface area contributed by atoms with Crippen LogP contribution >= 0.6 is 0 Å². The second-order valence-electron chi connectivity index (χ2n) is 7.65. The zero-order chi connectivity index (χ0) is 22.4. The van der Waals surface area contributed by atoms with Gasteiger partial charge in [0, 0.05) is 14.1 Å². The Morgan fingerprint density at radius 3 is 2.17 bits per heavy atom. The molecule has 2 N–H and O–H groups in total. The number of carbonyl (C=O) groups is 3. The maximum Gasteiger partial charge on any atom is 0.324 e. The fourth-order valence-electron chi connectivity index (χ4n) is 2.23. The Morgan fingerprint density at radius 2 is 1.69 bits per heavy atom. The molecular weight excluding hydrogens is 398 g/mol. The summed E-state index contributed by atoms with van der Waals surface area (Å²) in [6.07, 6.45) is 0. The Labute approximate surface area is 171 Å². The summed E-state index contributed by atoms with van der Waals surface area (Å²) in [5.41, 5.74) is 0.855. The predicted octanol–water partition coefficient (Wildman–Crippen LogP) is 0.399. The van der Waals surface area contributed by atoms with E-state index < -0.39 is 34.5 Å². The Hall–Kier alpha value is -2.46. The number of rotatable bonds is 8. The van der Waals surface area contributed by atoms with Crippen LogP contribution in [0, 0.1) is 0 Å². The third-order valence-electron chi connectivity index (χ3n) is 4.14. The maximum atomic E-state index is 12.5. The highest BCUT2D eigenvalue weighted by Gasteiger charge is 2.25. The molecule has 0 saturated heterocycles. The van der Waals surface area contributed by atoms with Crippen LogP contribution in [-0.4, -0.2) is 64.4 Å². The van der Waals surface area contributed by atoms with Gasteiger partial charge in [0.05, 0.1) is 11.4 Å². The number of hydrogen-bond acceptors (Lipinski definition) is 6. The van der Waals surface area contributed by atoms with Crippen molar-refractivity contribution in [3.05, 3.63) is 29.8 Å². The summed E-state index contributed by atoms with van der Waals surface area (Å²) in [6, 6.07) is 5.19. The first-order valence-electron chi connectivity index (χ1n) is 9.02. The van der Waals surface area contributed by atoms with Crippen LogP contribution in [0.5, 0.6) is 0 Å². The van der Waals surface area contributed by atoms with Crippen LogP contribution in [0.25, 0.3) is 0 Å². The molecule has 0 bridgehead atoms. The molecule has 1 aromatic carbocycles. The molecule has 0 aliphatic rings. The molecule has 1 rings (SSSR count). The molecule has 0 aliphatic carbocycles. The molecule has 0 aliphatic heterocycles. The van der Waals surface area contributed by atoms with Crippen molar-refractivity contribution >= 4 is 27.8 Å². The van der Waals surface area contributed by atoms with Crippen LogP contribution in [0.15, 0.2) is 29.2 Å². The van der Waals surface area contributed by atoms with E-state index in [0.29, 0.717) is 0 Å². The summed E-state index contributed by atoms with van der Waals surface area (Å²) in [4.78, 5) is 36.3. The lowest BCUT2D eigenvalue weighted by atomic mass is 9.87. The van der Waals surface area contributed by atoms with Crippen LogP contribution in [0.2, 0.25) is 0 Å². The topological polar surface area (TPSA) is 122 Å². The van der Waals surface area contributed by atoms with E-state index in [4.69, 9.17) is 4.74 Å². The lowest BCUT2D eigenvalue weighted by molar-refractivity contribution is -0.153. The van der Waals surface area contributed by atoms with Crippen LogP contribution in [0.1, 0.15) is 33.3 Å². The fraction of sp³-hybridized carbons (Fsp3) is 0.526. The molecular formula is C19H29N3O6S. The van der Waals surface area contributed by atoms with Crippen molar-refractivity contribution in [2.45, 2.75) is 44.0 Å². The molecule has 2 amide bonds. The minimum Gasteiger partial charge on any atom is -0.454 e. The standard InChI is InChI=1S/C19H29N3O6S/c1-13(18(25)28-12-17(24)22(6)11-16(23)20-5)21-29(26,27)15-9-7-14(8-10-15)19(2,3)4/h7-10,13,21H,11-12H2,1-6H3,(H,20,23)/t13-/m0/s1. The van der Waals surface area contributed by atoms with Crippen LogP contribution in [0.3, 0.4) is 0 Å². The van der Waals surface area contributed by atoms with Crippen LogP contribution < -0.4 is 10.0 Å². The SMILES string of the molecule is CNC(=O)CN(C)C(=O)COC(=O)[C@H](C)NS(=O)(=O)c1ccc(C(C)(C)C)cc1. The third-order valence-corrected chi connectivity index (χ3v) is 5.70. The summed E-state index contributed by atoms with van der Waals surface area (Å²) in [5, 5.41) is 2.37. The average molecular weight is 428 g/mol. The zero-order valence-corrected chi connectivity index (χ0v) is 18.4. The molecule has 162 valence electrons. The van der Waals surface area contributed by atoms with Gasteiger partial charge < -0.3 is 15.0 Å². The molecule has 0 fully saturated rings. The van der Waals surface area contributed by atoms with E-state index >= 15 is 0 Å². The van der Waals surface area contributed by atoms with Crippen molar-refractivity contribution in [1.29, 1.82) is 0 Å². The molecule has 0 spiro atoms. The van der Waals surface area contributed by atoms with Gasteiger partial charge in [-0.15, -0.1) is 0 Å². The predicted molar refractivity (Wildman–Crippen MR) is 108 cm³/mol. The van der Waals surface area contributed by atoms with E-state index in [-0.39, 0.29) is 22.8 Å². The first-order chi connectivity index (χ1) is 13.3. The monoisotopic (exact) mass is 427 g/mol. The maximum absolute atomic E-state index is 12.5. The Kier molecular flexibility index (Phi) is 8.34. The number of hydrogen-bond donors (Lipinski definition) is 2. The van der Waals surface area contributed by atoms with Gasteiger partial charge in [0.2, 0.25) is 15.9 Å². The Bertz CT molecular complexity index is 844. The van der Waals surface area contributed by atoms with Crippen molar-refractivity contribution in [2.24, 2.45) is 0 Å². The van der Waals surface area contributed by atoms with Gasteiger partial charge in [0.1, 0.15) is 6.04 Å². The van der Waals surface area contributed by atoms with Crippen LogP contribution in [0.4, 0.5) is 0 Å². The van der Waals surface area contributed by atoms with Gasteiger partial charge in [-0.1, -0.05) is 32.9 Å². The first kappa shape index (κ1) is 24.6. The molecule has 0 radical (unpaired) electrons. The molecule has 29 heavy (non-hydrogen) atoms. The largest absolute Gasteiger partial charge is 0.454 e. The minimum absolute atomic E-state index is 0.0199. The lowest BCUT2D eigenvalue weighted by Crippen LogP contribution is -2.42. The Balaban J connectivity index is 2.67. The average Bonchev–Trinajstić information content (AvgIpc) is 2.64. The van der Waals surface area contributed by atoms with Crippen LogP contribution in [-0.2, 0) is 34.6 Å². The zero-order valence-electron chi connectivity index (χ0n) is 17.6. The number of ether oxygens (including phenoxy) is 1. The van der Waals surface area contributed by atoms with Gasteiger partial charge in [0.15, 0.2) is 6.61 Å². The van der Waals surface area contributed by atoms with Crippen molar-refractivity contribution < 1.29 is 27.5 Å². The minimum atomic E-state index is -3.94. The van der Waals surface area contributed by atoms with E-state index in [1.165, 1.54) is 33.2 Å². The molecule has 9 nitrogen and oxygen atoms in total. The van der Waals surface area contributed by atoms with Gasteiger partial charge >= 0.3 is 5.97 Å². The summed E-state index contributed by atoms with van der Waals surface area (Å²) >= 11 is 0. The van der Waals surface area contributed by atoms with E-state index in [1.807, 2.05) is 20.8 Å². The van der Waals surface area contributed by atoms with Crippen molar-refractivity contribution in [1.82, 2.24) is 14.9 Å². The first-order valence-corrected chi connectivity index (χ1v) is 10.5. The highest BCUT2D eigenvalue weighted by atomic mass is 32.2. The molecule has 0 unspecified atom stereocenters. The van der Waals surface area contributed by atoms with E-state index in [0.717, 1.165) is 10.5 Å². The highest BCUT2D eigenvalue weighted by Crippen LogP contribution is 2.23. The molecule has 1 atom stereocenters. The summed E-state index contributed by atoms with van der Waals surface area (Å²) in [7, 11) is -1.12. The number of amides is 2. The second kappa shape index (κ2) is 9.84. The molecule has 0 saturated carbocycles. The number of nitrogens with zero attached hydrogens (tertiary/aromatic N) is 1. The summed E-state index contributed by atoms with van der Waals surface area (Å²) in [5.74, 6) is -1.86. The van der Waals surface area contributed by atoms with E-state index in [2.05, 4.69) is 10.0 Å². The third kappa shape index (κ3) is 7.47.